The lowest BCUT2D eigenvalue weighted by Crippen LogP contribution is -2.16. The predicted molar refractivity (Wildman–Crippen MR) is 79.0 cm³/mol. The Bertz CT molecular complexity index is 887. The maximum absolute atomic E-state index is 12.6. The van der Waals surface area contributed by atoms with E-state index in [0.717, 1.165) is 22.1 Å². The molecule has 1 unspecified atom stereocenters. The van der Waals surface area contributed by atoms with Crippen molar-refractivity contribution >= 4 is 0 Å². The standard InChI is InChI=1S/C16H13F3N4O2/c17-16(18,19)13-5-7-23(21-13)9-14-20-15(22-25-14)11-6-8-24-12-4-2-1-3-10(11)12/h1-5,7,11H,6,8-9H2. The van der Waals surface area contributed by atoms with Gasteiger partial charge in [-0.1, -0.05) is 23.4 Å². The molecule has 2 aromatic heterocycles. The zero-order valence-corrected chi connectivity index (χ0v) is 12.9. The molecule has 0 saturated heterocycles. The molecular formula is C16H13F3N4O2. The summed E-state index contributed by atoms with van der Waals surface area (Å²) in [5.74, 6) is 1.42. The van der Waals surface area contributed by atoms with E-state index in [1.807, 2.05) is 24.3 Å². The van der Waals surface area contributed by atoms with Crippen molar-refractivity contribution in [2.75, 3.05) is 6.61 Å². The number of para-hydroxylation sites is 1. The first-order valence-corrected chi connectivity index (χ1v) is 7.65. The van der Waals surface area contributed by atoms with Crippen molar-refractivity contribution in [3.8, 4) is 5.75 Å². The second kappa shape index (κ2) is 5.91. The van der Waals surface area contributed by atoms with Crippen LogP contribution in [0.4, 0.5) is 13.2 Å². The van der Waals surface area contributed by atoms with Gasteiger partial charge in [0.1, 0.15) is 12.3 Å². The number of hydrogen-bond donors (Lipinski definition) is 0. The fourth-order valence-electron chi connectivity index (χ4n) is 2.82. The van der Waals surface area contributed by atoms with E-state index in [0.29, 0.717) is 18.9 Å². The van der Waals surface area contributed by atoms with E-state index >= 15 is 0 Å². The summed E-state index contributed by atoms with van der Waals surface area (Å²) in [6, 6.07) is 8.53. The molecule has 0 fully saturated rings. The van der Waals surface area contributed by atoms with E-state index in [1.165, 1.54) is 6.20 Å². The van der Waals surface area contributed by atoms with E-state index in [2.05, 4.69) is 15.2 Å². The molecule has 3 aromatic rings. The van der Waals surface area contributed by atoms with Gasteiger partial charge in [-0.15, -0.1) is 0 Å². The Labute approximate surface area is 140 Å². The first kappa shape index (κ1) is 15.7. The van der Waals surface area contributed by atoms with Gasteiger partial charge in [0.2, 0.25) is 5.89 Å². The highest BCUT2D eigenvalue weighted by Crippen LogP contribution is 2.36. The SMILES string of the molecule is FC(F)(F)c1ccn(Cc2nc(C3CCOc4ccccc43)no2)n1. The topological polar surface area (TPSA) is 66.0 Å². The number of ether oxygens (including phenoxy) is 1. The fraction of sp³-hybridized carbons (Fsp3) is 0.312. The van der Waals surface area contributed by atoms with Gasteiger partial charge in [0, 0.05) is 11.8 Å². The van der Waals surface area contributed by atoms with Crippen LogP contribution in [0.3, 0.4) is 0 Å². The van der Waals surface area contributed by atoms with Crippen LogP contribution in [0, 0.1) is 0 Å². The summed E-state index contributed by atoms with van der Waals surface area (Å²) in [6.07, 6.45) is -2.54. The molecule has 25 heavy (non-hydrogen) atoms. The van der Waals surface area contributed by atoms with Crippen molar-refractivity contribution in [3.63, 3.8) is 0 Å². The van der Waals surface area contributed by atoms with Crippen molar-refractivity contribution in [3.05, 3.63) is 59.5 Å². The van der Waals surface area contributed by atoms with Gasteiger partial charge in [0.05, 0.1) is 12.5 Å². The van der Waals surface area contributed by atoms with Crippen molar-refractivity contribution < 1.29 is 22.4 Å². The maximum atomic E-state index is 12.6. The lowest BCUT2D eigenvalue weighted by atomic mass is 9.92. The molecule has 0 radical (unpaired) electrons. The van der Waals surface area contributed by atoms with E-state index in [1.54, 1.807) is 0 Å². The Balaban J connectivity index is 1.54. The molecule has 0 spiro atoms. The number of halogens is 3. The first-order valence-electron chi connectivity index (χ1n) is 7.65. The summed E-state index contributed by atoms with van der Waals surface area (Å²) in [4.78, 5) is 4.32. The molecule has 9 heteroatoms. The van der Waals surface area contributed by atoms with Crippen LogP contribution in [0.1, 0.15) is 35.3 Å². The van der Waals surface area contributed by atoms with Crippen molar-refractivity contribution in [1.29, 1.82) is 0 Å². The Morgan fingerprint density at radius 3 is 2.84 bits per heavy atom. The van der Waals surface area contributed by atoms with Crippen LogP contribution in [0.2, 0.25) is 0 Å². The number of fused-ring (bicyclic) bond motifs is 1. The average Bonchev–Trinajstić information content (AvgIpc) is 3.24. The van der Waals surface area contributed by atoms with Gasteiger partial charge in [0.25, 0.3) is 0 Å². The number of benzene rings is 1. The molecule has 1 aliphatic heterocycles. The molecule has 0 N–H and O–H groups in total. The number of alkyl halides is 3. The Hall–Kier alpha value is -2.84. The second-order valence-electron chi connectivity index (χ2n) is 5.67. The monoisotopic (exact) mass is 350 g/mol. The first-order chi connectivity index (χ1) is 12.0. The molecule has 1 aromatic carbocycles. The molecule has 130 valence electrons. The lowest BCUT2D eigenvalue weighted by molar-refractivity contribution is -0.141. The minimum Gasteiger partial charge on any atom is -0.493 e. The molecule has 1 atom stereocenters. The van der Waals surface area contributed by atoms with Crippen LogP contribution in [0.15, 0.2) is 41.1 Å². The van der Waals surface area contributed by atoms with E-state index in [-0.39, 0.29) is 18.4 Å². The third kappa shape index (κ3) is 3.09. The molecule has 1 aliphatic rings. The Morgan fingerprint density at radius 2 is 2.04 bits per heavy atom. The summed E-state index contributed by atoms with van der Waals surface area (Å²) >= 11 is 0. The van der Waals surface area contributed by atoms with Gasteiger partial charge in [0.15, 0.2) is 11.5 Å². The minimum atomic E-state index is -4.48. The summed E-state index contributed by atoms with van der Waals surface area (Å²) in [6.45, 7) is 0.521. The predicted octanol–water partition coefficient (Wildman–Crippen LogP) is 3.25. The highest BCUT2D eigenvalue weighted by Gasteiger charge is 2.33. The quantitative estimate of drug-likeness (QED) is 0.725. The Morgan fingerprint density at radius 1 is 1.20 bits per heavy atom. The summed E-state index contributed by atoms with van der Waals surface area (Å²) in [7, 11) is 0. The summed E-state index contributed by atoms with van der Waals surface area (Å²) in [5.41, 5.74) is 0.0187. The smallest absolute Gasteiger partial charge is 0.435 e. The largest absolute Gasteiger partial charge is 0.493 e. The molecule has 0 bridgehead atoms. The van der Waals surface area contributed by atoms with E-state index in [9.17, 15) is 13.2 Å². The molecule has 0 amide bonds. The molecule has 0 aliphatic carbocycles. The highest BCUT2D eigenvalue weighted by atomic mass is 19.4. The number of rotatable bonds is 3. The van der Waals surface area contributed by atoms with Gasteiger partial charge in [-0.25, -0.2) is 0 Å². The maximum Gasteiger partial charge on any atom is 0.435 e. The highest BCUT2D eigenvalue weighted by molar-refractivity contribution is 5.40. The normalized spacial score (nSPS) is 17.2. The second-order valence-corrected chi connectivity index (χ2v) is 5.67. The average molecular weight is 350 g/mol. The molecule has 3 heterocycles. The van der Waals surface area contributed by atoms with E-state index < -0.39 is 11.9 Å². The van der Waals surface area contributed by atoms with Crippen molar-refractivity contribution in [2.45, 2.75) is 25.1 Å². The fourth-order valence-corrected chi connectivity index (χ4v) is 2.82. The van der Waals surface area contributed by atoms with Crippen LogP contribution in [-0.4, -0.2) is 26.5 Å². The minimum absolute atomic E-state index is 0.0199. The van der Waals surface area contributed by atoms with Crippen LogP contribution < -0.4 is 4.74 Å². The number of hydrogen-bond acceptors (Lipinski definition) is 5. The van der Waals surface area contributed by atoms with Gasteiger partial charge < -0.3 is 9.26 Å². The summed E-state index contributed by atoms with van der Waals surface area (Å²) < 4.78 is 49.7. The number of aromatic nitrogens is 4. The van der Waals surface area contributed by atoms with Gasteiger partial charge >= 0.3 is 6.18 Å². The van der Waals surface area contributed by atoms with Gasteiger partial charge in [-0.2, -0.15) is 23.3 Å². The van der Waals surface area contributed by atoms with Crippen LogP contribution in [0.25, 0.3) is 0 Å². The molecular weight excluding hydrogens is 337 g/mol. The molecule has 4 rings (SSSR count). The van der Waals surface area contributed by atoms with Crippen molar-refractivity contribution in [2.24, 2.45) is 0 Å². The van der Waals surface area contributed by atoms with Gasteiger partial charge in [-0.05, 0) is 18.6 Å². The molecule has 0 saturated carbocycles. The molecule has 6 nitrogen and oxygen atoms in total. The lowest BCUT2D eigenvalue weighted by Gasteiger charge is -2.23. The summed E-state index contributed by atoms with van der Waals surface area (Å²) in [5, 5.41) is 7.46. The Kier molecular flexibility index (Phi) is 3.70. The third-order valence-electron chi connectivity index (χ3n) is 3.98. The third-order valence-corrected chi connectivity index (χ3v) is 3.98. The zero-order chi connectivity index (χ0) is 17.4. The van der Waals surface area contributed by atoms with Crippen LogP contribution in [-0.2, 0) is 12.7 Å². The van der Waals surface area contributed by atoms with Crippen molar-refractivity contribution in [1.82, 2.24) is 19.9 Å². The van der Waals surface area contributed by atoms with Gasteiger partial charge in [-0.3, -0.25) is 4.68 Å². The van der Waals surface area contributed by atoms with E-state index in [4.69, 9.17) is 9.26 Å². The van der Waals surface area contributed by atoms with Crippen LogP contribution in [0.5, 0.6) is 5.75 Å². The van der Waals surface area contributed by atoms with Crippen LogP contribution >= 0.6 is 0 Å². The zero-order valence-electron chi connectivity index (χ0n) is 12.9. The number of nitrogens with zero attached hydrogens (tertiary/aromatic N) is 4.